The fourth-order valence-corrected chi connectivity index (χ4v) is 2.97. The summed E-state index contributed by atoms with van der Waals surface area (Å²) in [5.74, 6) is 0.317. The van der Waals surface area contributed by atoms with Crippen LogP contribution in [0.4, 0.5) is 5.69 Å². The molecule has 6 nitrogen and oxygen atoms in total. The molecule has 1 heterocycles. The molecule has 0 aliphatic carbocycles. The molecule has 0 spiro atoms. The number of benzene rings is 2. The predicted octanol–water partition coefficient (Wildman–Crippen LogP) is 3.46. The van der Waals surface area contributed by atoms with Crippen LogP contribution >= 0.6 is 0 Å². The fraction of sp³-hybridized carbons (Fsp3) is 0.190. The Bertz CT molecular complexity index is 888. The zero-order valence-corrected chi connectivity index (χ0v) is 15.1. The Labute approximate surface area is 158 Å². The molecule has 2 aromatic carbocycles. The Morgan fingerprint density at radius 2 is 2.00 bits per heavy atom. The summed E-state index contributed by atoms with van der Waals surface area (Å²) in [5, 5.41) is 10.2. The Balaban J connectivity index is 1.78. The Morgan fingerprint density at radius 1 is 1.22 bits per heavy atom. The standard InChI is InChI=1S/C21H21N3O3/c1-27-20-12-18(16-8-10-24(14-22)11-9-16)6-7-19(20)23-21(26)17-4-2-15(13-25)3-5-17/h2-8,12-14,22H,9-11H2,1H3,(H,23,26). The molecule has 0 atom stereocenters. The van der Waals surface area contributed by atoms with Crippen molar-refractivity contribution in [1.29, 1.82) is 5.41 Å². The molecule has 0 saturated carbocycles. The van der Waals surface area contributed by atoms with Gasteiger partial charge in [0, 0.05) is 24.2 Å². The highest BCUT2D eigenvalue weighted by Crippen LogP contribution is 2.31. The van der Waals surface area contributed by atoms with Crippen LogP contribution in [0.25, 0.3) is 5.57 Å². The molecule has 6 heteroatoms. The van der Waals surface area contributed by atoms with Gasteiger partial charge in [0.25, 0.3) is 5.91 Å². The van der Waals surface area contributed by atoms with Crippen molar-refractivity contribution in [1.82, 2.24) is 4.90 Å². The van der Waals surface area contributed by atoms with E-state index in [1.807, 2.05) is 23.1 Å². The number of hydrogen-bond acceptors (Lipinski definition) is 4. The highest BCUT2D eigenvalue weighted by molar-refractivity contribution is 6.05. The summed E-state index contributed by atoms with van der Waals surface area (Å²) in [7, 11) is 1.57. The van der Waals surface area contributed by atoms with Crippen molar-refractivity contribution >= 4 is 29.8 Å². The van der Waals surface area contributed by atoms with Crippen molar-refractivity contribution in [2.24, 2.45) is 0 Å². The summed E-state index contributed by atoms with van der Waals surface area (Å²) in [6.45, 7) is 1.53. The van der Waals surface area contributed by atoms with E-state index < -0.39 is 0 Å². The zero-order chi connectivity index (χ0) is 19.2. The molecule has 1 aliphatic rings. The second-order valence-electron chi connectivity index (χ2n) is 6.21. The van der Waals surface area contributed by atoms with Gasteiger partial charge in [0.15, 0.2) is 0 Å². The molecular formula is C21H21N3O3. The summed E-state index contributed by atoms with van der Waals surface area (Å²) >= 11 is 0. The molecule has 1 aliphatic heterocycles. The molecule has 0 bridgehead atoms. The molecule has 2 N–H and O–H groups in total. The number of hydrogen-bond donors (Lipinski definition) is 2. The van der Waals surface area contributed by atoms with Gasteiger partial charge in [-0.15, -0.1) is 0 Å². The summed E-state index contributed by atoms with van der Waals surface area (Å²) in [5.41, 5.74) is 3.83. The molecule has 138 valence electrons. The van der Waals surface area contributed by atoms with Gasteiger partial charge in [-0.05, 0) is 41.8 Å². The minimum atomic E-state index is -0.267. The Morgan fingerprint density at radius 3 is 2.59 bits per heavy atom. The predicted molar refractivity (Wildman–Crippen MR) is 106 cm³/mol. The molecule has 0 aromatic heterocycles. The molecular weight excluding hydrogens is 342 g/mol. The zero-order valence-electron chi connectivity index (χ0n) is 15.1. The Kier molecular flexibility index (Phi) is 5.66. The van der Waals surface area contributed by atoms with Crippen molar-refractivity contribution in [2.75, 3.05) is 25.5 Å². The van der Waals surface area contributed by atoms with Crippen LogP contribution in [-0.4, -0.2) is 43.6 Å². The van der Waals surface area contributed by atoms with Gasteiger partial charge in [0.1, 0.15) is 12.0 Å². The molecule has 3 rings (SSSR count). The largest absolute Gasteiger partial charge is 0.495 e. The normalized spacial score (nSPS) is 13.5. The van der Waals surface area contributed by atoms with E-state index in [9.17, 15) is 9.59 Å². The molecule has 2 aromatic rings. The second kappa shape index (κ2) is 8.31. The maximum atomic E-state index is 12.4. The van der Waals surface area contributed by atoms with Gasteiger partial charge in [-0.1, -0.05) is 24.3 Å². The van der Waals surface area contributed by atoms with E-state index in [1.54, 1.807) is 31.4 Å². The van der Waals surface area contributed by atoms with E-state index in [0.29, 0.717) is 22.6 Å². The lowest BCUT2D eigenvalue weighted by molar-refractivity contribution is 0.102. The minimum absolute atomic E-state index is 0.267. The van der Waals surface area contributed by atoms with Crippen molar-refractivity contribution in [3.63, 3.8) is 0 Å². The maximum Gasteiger partial charge on any atom is 0.255 e. The van der Waals surface area contributed by atoms with Crippen LogP contribution in [0.5, 0.6) is 5.75 Å². The van der Waals surface area contributed by atoms with Crippen LogP contribution in [0.15, 0.2) is 48.5 Å². The van der Waals surface area contributed by atoms with Crippen LogP contribution < -0.4 is 10.1 Å². The Hall–Kier alpha value is -3.41. The number of amides is 1. The summed E-state index contributed by atoms with van der Waals surface area (Å²) < 4.78 is 5.46. The number of aldehydes is 1. The highest BCUT2D eigenvalue weighted by atomic mass is 16.5. The maximum absolute atomic E-state index is 12.4. The van der Waals surface area contributed by atoms with Crippen molar-refractivity contribution in [3.8, 4) is 5.75 Å². The van der Waals surface area contributed by atoms with Gasteiger partial charge in [-0.2, -0.15) is 0 Å². The highest BCUT2D eigenvalue weighted by Gasteiger charge is 2.14. The van der Waals surface area contributed by atoms with Crippen LogP contribution in [0.1, 0.15) is 32.7 Å². The first-order chi connectivity index (χ1) is 13.1. The quantitative estimate of drug-likeness (QED) is 0.468. The molecule has 0 fully saturated rings. The summed E-state index contributed by atoms with van der Waals surface area (Å²) in [4.78, 5) is 25.1. The lowest BCUT2D eigenvalue weighted by atomic mass is 9.99. The monoisotopic (exact) mass is 363 g/mol. The van der Waals surface area contributed by atoms with Crippen molar-refractivity contribution in [2.45, 2.75) is 6.42 Å². The van der Waals surface area contributed by atoms with E-state index in [-0.39, 0.29) is 5.91 Å². The lowest BCUT2D eigenvalue weighted by Crippen LogP contribution is -2.26. The smallest absolute Gasteiger partial charge is 0.255 e. The van der Waals surface area contributed by atoms with Crippen LogP contribution in [0.2, 0.25) is 0 Å². The number of nitrogens with one attached hydrogen (secondary N) is 2. The SMILES string of the molecule is COc1cc(C2=CCN(C=N)CC2)ccc1NC(=O)c1ccc(C=O)cc1. The van der Waals surface area contributed by atoms with Gasteiger partial charge < -0.3 is 15.0 Å². The average Bonchev–Trinajstić information content (AvgIpc) is 2.74. The summed E-state index contributed by atoms with van der Waals surface area (Å²) in [6.07, 6.45) is 5.06. The van der Waals surface area contributed by atoms with E-state index in [4.69, 9.17) is 10.1 Å². The van der Waals surface area contributed by atoms with E-state index in [0.717, 1.165) is 31.4 Å². The van der Waals surface area contributed by atoms with Crippen LogP contribution in [-0.2, 0) is 0 Å². The number of anilines is 1. The molecule has 0 unspecified atom stereocenters. The van der Waals surface area contributed by atoms with Gasteiger partial charge >= 0.3 is 0 Å². The number of carbonyl (C=O) groups is 2. The molecule has 1 amide bonds. The summed E-state index contributed by atoms with van der Waals surface area (Å²) in [6, 6.07) is 12.1. The third-order valence-corrected chi connectivity index (χ3v) is 4.55. The molecule has 0 radical (unpaired) electrons. The number of ether oxygens (including phenoxy) is 1. The van der Waals surface area contributed by atoms with Crippen molar-refractivity contribution < 1.29 is 14.3 Å². The van der Waals surface area contributed by atoms with Gasteiger partial charge in [0.2, 0.25) is 0 Å². The number of nitrogens with zero attached hydrogens (tertiary/aromatic N) is 1. The topological polar surface area (TPSA) is 82.5 Å². The first-order valence-electron chi connectivity index (χ1n) is 8.63. The third kappa shape index (κ3) is 4.23. The van der Waals surface area contributed by atoms with Crippen molar-refractivity contribution in [3.05, 3.63) is 65.2 Å². The van der Waals surface area contributed by atoms with E-state index in [1.165, 1.54) is 11.9 Å². The first kappa shape index (κ1) is 18.4. The number of carbonyl (C=O) groups excluding carboxylic acids is 2. The van der Waals surface area contributed by atoms with E-state index >= 15 is 0 Å². The first-order valence-corrected chi connectivity index (χ1v) is 8.63. The molecule has 0 saturated heterocycles. The second-order valence-corrected chi connectivity index (χ2v) is 6.21. The number of rotatable bonds is 6. The average molecular weight is 363 g/mol. The lowest BCUT2D eigenvalue weighted by Gasteiger charge is -2.24. The number of methoxy groups -OCH3 is 1. The van der Waals surface area contributed by atoms with Gasteiger partial charge in [0.05, 0.1) is 19.1 Å². The van der Waals surface area contributed by atoms with Gasteiger partial charge in [-0.25, -0.2) is 0 Å². The van der Waals surface area contributed by atoms with Crippen LogP contribution in [0, 0.1) is 5.41 Å². The minimum Gasteiger partial charge on any atom is -0.495 e. The van der Waals surface area contributed by atoms with Gasteiger partial charge in [-0.3, -0.25) is 15.0 Å². The fourth-order valence-electron chi connectivity index (χ4n) is 2.97. The van der Waals surface area contributed by atoms with Crippen LogP contribution in [0.3, 0.4) is 0 Å². The molecule has 27 heavy (non-hydrogen) atoms. The third-order valence-electron chi connectivity index (χ3n) is 4.55. The van der Waals surface area contributed by atoms with E-state index in [2.05, 4.69) is 11.4 Å².